The molecule has 4 heteroatoms. The van der Waals surface area contributed by atoms with Crippen LogP contribution in [0.2, 0.25) is 0 Å². The fourth-order valence-electron chi connectivity index (χ4n) is 2.80. The van der Waals surface area contributed by atoms with Gasteiger partial charge < -0.3 is 10.0 Å². The molecule has 1 saturated carbocycles. The van der Waals surface area contributed by atoms with E-state index in [4.69, 9.17) is 0 Å². The van der Waals surface area contributed by atoms with Gasteiger partial charge in [0.15, 0.2) is 0 Å². The topological polar surface area (TPSA) is 57.6 Å². The zero-order valence-electron chi connectivity index (χ0n) is 11.7. The van der Waals surface area contributed by atoms with Gasteiger partial charge >= 0.3 is 5.97 Å². The minimum absolute atomic E-state index is 0.0407. The molecule has 1 amide bonds. The summed E-state index contributed by atoms with van der Waals surface area (Å²) < 4.78 is 0. The number of carbonyl (C=O) groups is 2. The maximum Gasteiger partial charge on any atom is 0.307 e. The van der Waals surface area contributed by atoms with Crippen LogP contribution >= 0.6 is 0 Å². The van der Waals surface area contributed by atoms with Gasteiger partial charge in [0.25, 0.3) is 0 Å². The van der Waals surface area contributed by atoms with Crippen LogP contribution in [0.3, 0.4) is 0 Å². The lowest BCUT2D eigenvalue weighted by Gasteiger charge is -2.34. The van der Waals surface area contributed by atoms with E-state index in [0.29, 0.717) is 6.42 Å². The molecule has 18 heavy (non-hydrogen) atoms. The Morgan fingerprint density at radius 3 is 2.22 bits per heavy atom. The Hall–Kier alpha value is -1.06. The maximum atomic E-state index is 12.5. The number of aliphatic carboxylic acids is 1. The molecule has 0 unspecified atom stereocenters. The molecule has 1 N–H and O–H groups in total. The van der Waals surface area contributed by atoms with Gasteiger partial charge in [-0.3, -0.25) is 9.59 Å². The highest BCUT2D eigenvalue weighted by Crippen LogP contribution is 2.32. The van der Waals surface area contributed by atoms with Crippen LogP contribution in [0.1, 0.15) is 52.9 Å². The molecule has 1 fully saturated rings. The molecular formula is C14H25NO3. The van der Waals surface area contributed by atoms with E-state index in [0.717, 1.165) is 32.2 Å². The van der Waals surface area contributed by atoms with Crippen molar-refractivity contribution in [3.8, 4) is 0 Å². The third-order valence-corrected chi connectivity index (χ3v) is 3.77. The predicted octanol–water partition coefficient (Wildman–Crippen LogP) is 2.52. The lowest BCUT2D eigenvalue weighted by molar-refractivity contribution is -0.153. The van der Waals surface area contributed by atoms with Crippen molar-refractivity contribution in [1.82, 2.24) is 4.90 Å². The normalized spacial score (nSPS) is 24.0. The van der Waals surface area contributed by atoms with E-state index in [-0.39, 0.29) is 17.9 Å². The van der Waals surface area contributed by atoms with Crippen LogP contribution in [0.15, 0.2) is 0 Å². The van der Waals surface area contributed by atoms with Crippen molar-refractivity contribution in [3.63, 3.8) is 0 Å². The minimum atomic E-state index is -0.812. The van der Waals surface area contributed by atoms with Crippen LogP contribution in [0.25, 0.3) is 0 Å². The molecule has 0 bridgehead atoms. The Bertz CT molecular complexity index is 301. The van der Waals surface area contributed by atoms with Crippen LogP contribution < -0.4 is 0 Å². The van der Waals surface area contributed by atoms with Crippen LogP contribution in [-0.4, -0.2) is 34.5 Å². The molecule has 0 spiro atoms. The first-order chi connectivity index (χ1) is 8.49. The van der Waals surface area contributed by atoms with Crippen molar-refractivity contribution in [1.29, 1.82) is 0 Å². The Balaban J connectivity index is 2.80. The smallest absolute Gasteiger partial charge is 0.307 e. The van der Waals surface area contributed by atoms with Gasteiger partial charge in [-0.05, 0) is 33.1 Å². The fraction of sp³-hybridized carbons (Fsp3) is 0.857. The molecule has 0 aromatic carbocycles. The van der Waals surface area contributed by atoms with Crippen LogP contribution in [0.4, 0.5) is 0 Å². The first-order valence-corrected chi connectivity index (χ1v) is 7.02. The lowest BCUT2D eigenvalue weighted by atomic mass is 9.78. The molecule has 0 aliphatic heterocycles. The number of hydrogen-bond donors (Lipinski definition) is 1. The highest BCUT2D eigenvalue weighted by molar-refractivity contribution is 5.85. The SMILES string of the molecule is CCCN(C(=O)[C@@H]1CCCC[C@@H]1C(=O)O)C(C)C. The zero-order valence-corrected chi connectivity index (χ0v) is 11.7. The van der Waals surface area contributed by atoms with Crippen LogP contribution in [0.5, 0.6) is 0 Å². The zero-order chi connectivity index (χ0) is 13.7. The lowest BCUT2D eigenvalue weighted by Crippen LogP contribution is -2.45. The summed E-state index contributed by atoms with van der Waals surface area (Å²) in [5.41, 5.74) is 0. The van der Waals surface area contributed by atoms with E-state index < -0.39 is 11.9 Å². The molecule has 1 aliphatic rings. The van der Waals surface area contributed by atoms with Gasteiger partial charge in [-0.25, -0.2) is 0 Å². The van der Waals surface area contributed by atoms with Crippen LogP contribution in [-0.2, 0) is 9.59 Å². The molecule has 0 radical (unpaired) electrons. The molecule has 1 aliphatic carbocycles. The van der Waals surface area contributed by atoms with Gasteiger partial charge in [-0.1, -0.05) is 19.8 Å². The first-order valence-electron chi connectivity index (χ1n) is 7.02. The second-order valence-corrected chi connectivity index (χ2v) is 5.46. The number of amides is 1. The van der Waals surface area contributed by atoms with Crippen molar-refractivity contribution in [2.75, 3.05) is 6.54 Å². The average molecular weight is 255 g/mol. The molecule has 4 nitrogen and oxygen atoms in total. The van der Waals surface area contributed by atoms with E-state index in [9.17, 15) is 14.7 Å². The second-order valence-electron chi connectivity index (χ2n) is 5.46. The summed E-state index contributed by atoms with van der Waals surface area (Å²) in [6.07, 6.45) is 4.18. The summed E-state index contributed by atoms with van der Waals surface area (Å²) in [6, 6.07) is 0.147. The Kier molecular flexibility index (Phi) is 5.63. The maximum absolute atomic E-state index is 12.5. The summed E-state index contributed by atoms with van der Waals surface area (Å²) in [5, 5.41) is 9.24. The van der Waals surface area contributed by atoms with Crippen molar-refractivity contribution in [2.45, 2.75) is 58.9 Å². The number of carbonyl (C=O) groups excluding carboxylic acids is 1. The molecule has 2 atom stereocenters. The first kappa shape index (κ1) is 15.0. The van der Waals surface area contributed by atoms with Gasteiger partial charge in [0, 0.05) is 12.6 Å². The number of nitrogens with zero attached hydrogens (tertiary/aromatic N) is 1. The standard InChI is InChI=1S/C14H25NO3/c1-4-9-15(10(2)3)13(16)11-7-5-6-8-12(11)14(17)18/h10-12H,4-9H2,1-3H3,(H,17,18)/t11-,12+/m1/s1. The van der Waals surface area contributed by atoms with Crippen molar-refractivity contribution < 1.29 is 14.7 Å². The summed E-state index contributed by atoms with van der Waals surface area (Å²) in [6.45, 7) is 6.75. The Labute approximate surface area is 109 Å². The Morgan fingerprint density at radius 1 is 1.22 bits per heavy atom. The number of carboxylic acids is 1. The monoisotopic (exact) mass is 255 g/mol. The van der Waals surface area contributed by atoms with E-state index in [2.05, 4.69) is 0 Å². The van der Waals surface area contributed by atoms with Gasteiger partial charge in [0.1, 0.15) is 0 Å². The van der Waals surface area contributed by atoms with Crippen molar-refractivity contribution in [3.05, 3.63) is 0 Å². The highest BCUT2D eigenvalue weighted by Gasteiger charge is 2.38. The largest absolute Gasteiger partial charge is 0.481 e. The molecule has 0 aromatic rings. The fourth-order valence-corrected chi connectivity index (χ4v) is 2.80. The summed E-state index contributed by atoms with van der Waals surface area (Å²) >= 11 is 0. The average Bonchev–Trinajstić information content (AvgIpc) is 2.34. The van der Waals surface area contributed by atoms with Crippen LogP contribution in [0, 0.1) is 11.8 Å². The third-order valence-electron chi connectivity index (χ3n) is 3.77. The second kappa shape index (κ2) is 6.76. The van der Waals surface area contributed by atoms with Gasteiger partial charge in [-0.2, -0.15) is 0 Å². The van der Waals surface area contributed by atoms with E-state index in [1.165, 1.54) is 0 Å². The molecule has 0 saturated heterocycles. The number of rotatable bonds is 5. The van der Waals surface area contributed by atoms with E-state index >= 15 is 0 Å². The predicted molar refractivity (Wildman–Crippen MR) is 70.2 cm³/mol. The Morgan fingerprint density at radius 2 is 1.78 bits per heavy atom. The summed E-state index contributed by atoms with van der Waals surface area (Å²) in [5.74, 6) is -1.57. The van der Waals surface area contributed by atoms with Gasteiger partial charge in [-0.15, -0.1) is 0 Å². The molecular weight excluding hydrogens is 230 g/mol. The summed E-state index contributed by atoms with van der Waals surface area (Å²) in [7, 11) is 0. The van der Waals surface area contributed by atoms with Crippen molar-refractivity contribution >= 4 is 11.9 Å². The van der Waals surface area contributed by atoms with Gasteiger partial charge in [0.05, 0.1) is 11.8 Å². The van der Waals surface area contributed by atoms with Gasteiger partial charge in [0.2, 0.25) is 5.91 Å². The van der Waals surface area contributed by atoms with Crippen molar-refractivity contribution in [2.24, 2.45) is 11.8 Å². The molecule has 0 heterocycles. The number of carboxylic acid groups (broad SMARTS) is 1. The quantitative estimate of drug-likeness (QED) is 0.821. The van der Waals surface area contributed by atoms with E-state index in [1.54, 1.807) is 0 Å². The molecule has 0 aromatic heterocycles. The molecule has 104 valence electrons. The number of hydrogen-bond acceptors (Lipinski definition) is 2. The highest BCUT2D eigenvalue weighted by atomic mass is 16.4. The molecule has 1 rings (SSSR count). The van der Waals surface area contributed by atoms with E-state index in [1.807, 2.05) is 25.7 Å². The summed E-state index contributed by atoms with van der Waals surface area (Å²) in [4.78, 5) is 25.6. The third kappa shape index (κ3) is 3.47. The minimum Gasteiger partial charge on any atom is -0.481 e.